The number of benzene rings is 3. The van der Waals surface area contributed by atoms with Crippen molar-refractivity contribution in [3.63, 3.8) is 0 Å². The number of aryl methyl sites for hydroxylation is 1. The van der Waals surface area contributed by atoms with E-state index in [1.54, 1.807) is 18.2 Å². The Morgan fingerprint density at radius 1 is 1.03 bits per heavy atom. The molecule has 1 amide bonds. The lowest BCUT2D eigenvalue weighted by Crippen LogP contribution is -2.19. The lowest BCUT2D eigenvalue weighted by Gasteiger charge is -2.11. The minimum atomic E-state index is -0.213. The molecule has 8 heteroatoms. The number of rotatable bonds is 6. The second kappa shape index (κ2) is 11.0. The van der Waals surface area contributed by atoms with Crippen LogP contribution in [0.4, 0.5) is 5.69 Å². The fourth-order valence-corrected chi connectivity index (χ4v) is 4.91. The van der Waals surface area contributed by atoms with Crippen molar-refractivity contribution in [2.45, 2.75) is 20.0 Å². The topological polar surface area (TPSA) is 50.7 Å². The van der Waals surface area contributed by atoms with Gasteiger partial charge in [0.15, 0.2) is 10.9 Å². The number of ether oxygens (including phenoxy) is 1. The van der Waals surface area contributed by atoms with Crippen LogP contribution in [-0.2, 0) is 17.8 Å². The second-order valence-electron chi connectivity index (χ2n) is 7.23. The third kappa shape index (κ3) is 6.32. The molecule has 0 bridgehead atoms. The Morgan fingerprint density at radius 3 is 2.30 bits per heavy atom. The Bertz CT molecular complexity index is 1220. The highest BCUT2D eigenvalue weighted by Crippen LogP contribution is 2.37. The maximum atomic E-state index is 12.4. The molecule has 1 heterocycles. The zero-order chi connectivity index (χ0) is 23.4. The van der Waals surface area contributed by atoms with Crippen molar-refractivity contribution >= 4 is 80.4 Å². The Hall–Kier alpha value is -2.00. The van der Waals surface area contributed by atoms with Gasteiger partial charge in [-0.25, -0.2) is 4.99 Å². The smallest absolute Gasteiger partial charge is 0.264 e. The van der Waals surface area contributed by atoms with E-state index in [4.69, 9.17) is 27.9 Å². The SMILES string of the molecule is CCc1ccc(N=C2NC(=O)/C(=C/c3cc(Cl)c(OCc4ccc(I)cc4)c(Cl)c3)S2)cc1. The summed E-state index contributed by atoms with van der Waals surface area (Å²) in [6, 6.07) is 19.4. The minimum absolute atomic E-state index is 0.213. The molecular formula is C25H19Cl2IN2O2S. The Kier molecular flexibility index (Phi) is 8.01. The van der Waals surface area contributed by atoms with Crippen molar-refractivity contribution in [3.05, 3.63) is 95.9 Å². The van der Waals surface area contributed by atoms with Crippen LogP contribution in [0, 0.1) is 3.57 Å². The summed E-state index contributed by atoms with van der Waals surface area (Å²) in [6.07, 6.45) is 2.71. The number of hydrogen-bond donors (Lipinski definition) is 1. The van der Waals surface area contributed by atoms with Crippen LogP contribution in [0.15, 0.2) is 70.6 Å². The molecule has 3 aromatic rings. The standard InChI is InChI=1S/C25H19Cl2IN2O2S/c1-2-15-5-9-19(10-6-15)29-25-30-24(31)22(33-25)13-17-11-20(26)23(21(27)12-17)32-14-16-3-7-18(28)8-4-16/h3-13H,2,14H2,1H3,(H,29,30,31)/b22-13-. The Morgan fingerprint density at radius 2 is 1.67 bits per heavy atom. The van der Waals surface area contributed by atoms with E-state index in [0.29, 0.717) is 38.0 Å². The number of aliphatic imine (C=N–C) groups is 1. The van der Waals surface area contributed by atoms with Gasteiger partial charge < -0.3 is 10.1 Å². The first-order valence-corrected chi connectivity index (χ1v) is 12.8. The highest BCUT2D eigenvalue weighted by atomic mass is 127. The summed E-state index contributed by atoms with van der Waals surface area (Å²) in [5.74, 6) is 0.204. The highest BCUT2D eigenvalue weighted by molar-refractivity contribution is 14.1. The van der Waals surface area contributed by atoms with Crippen molar-refractivity contribution in [2.24, 2.45) is 4.99 Å². The molecule has 1 fully saturated rings. The number of nitrogens with one attached hydrogen (secondary N) is 1. The fraction of sp³-hybridized carbons (Fsp3) is 0.120. The molecule has 4 nitrogen and oxygen atoms in total. The Balaban J connectivity index is 1.48. The molecule has 33 heavy (non-hydrogen) atoms. The first kappa shape index (κ1) is 24.1. The maximum absolute atomic E-state index is 12.4. The number of carbonyl (C=O) groups excluding carboxylic acids is 1. The molecule has 0 aliphatic carbocycles. The lowest BCUT2D eigenvalue weighted by atomic mass is 10.2. The largest absolute Gasteiger partial charge is 0.486 e. The summed E-state index contributed by atoms with van der Waals surface area (Å²) < 4.78 is 7.00. The normalized spacial score (nSPS) is 15.8. The van der Waals surface area contributed by atoms with Gasteiger partial charge in [-0.05, 0) is 99.9 Å². The molecule has 1 aliphatic heterocycles. The van der Waals surface area contributed by atoms with Crippen LogP contribution in [0.2, 0.25) is 10.0 Å². The predicted octanol–water partition coefficient (Wildman–Crippen LogP) is 7.63. The van der Waals surface area contributed by atoms with Crippen LogP contribution < -0.4 is 10.1 Å². The van der Waals surface area contributed by atoms with Crippen molar-refractivity contribution < 1.29 is 9.53 Å². The van der Waals surface area contributed by atoms with Crippen LogP contribution in [0.5, 0.6) is 5.75 Å². The molecule has 3 aromatic carbocycles. The van der Waals surface area contributed by atoms with Gasteiger partial charge in [-0.15, -0.1) is 0 Å². The molecule has 1 aliphatic rings. The van der Waals surface area contributed by atoms with E-state index in [0.717, 1.165) is 21.2 Å². The number of amidine groups is 1. The first-order valence-electron chi connectivity index (χ1n) is 10.2. The number of hydrogen-bond acceptors (Lipinski definition) is 4. The van der Waals surface area contributed by atoms with E-state index in [9.17, 15) is 4.79 Å². The van der Waals surface area contributed by atoms with Gasteiger partial charge in [0.25, 0.3) is 5.91 Å². The molecule has 168 valence electrons. The fourth-order valence-electron chi connectivity index (χ4n) is 3.09. The van der Waals surface area contributed by atoms with Crippen LogP contribution in [-0.4, -0.2) is 11.1 Å². The number of thioether (sulfide) groups is 1. The average Bonchev–Trinajstić information content (AvgIpc) is 3.13. The van der Waals surface area contributed by atoms with Crippen molar-refractivity contribution in [1.82, 2.24) is 5.32 Å². The van der Waals surface area contributed by atoms with Crippen LogP contribution >= 0.6 is 57.6 Å². The van der Waals surface area contributed by atoms with Gasteiger partial charge in [-0.1, -0.05) is 54.4 Å². The zero-order valence-corrected chi connectivity index (χ0v) is 22.1. The average molecular weight is 609 g/mol. The van der Waals surface area contributed by atoms with Gasteiger partial charge in [-0.3, -0.25) is 4.79 Å². The lowest BCUT2D eigenvalue weighted by molar-refractivity contribution is -0.115. The van der Waals surface area contributed by atoms with Crippen molar-refractivity contribution in [2.75, 3.05) is 0 Å². The van der Waals surface area contributed by atoms with E-state index in [-0.39, 0.29) is 5.91 Å². The van der Waals surface area contributed by atoms with Gasteiger partial charge in [0.2, 0.25) is 0 Å². The van der Waals surface area contributed by atoms with E-state index in [1.807, 2.05) is 48.5 Å². The molecular weight excluding hydrogens is 590 g/mol. The van der Waals surface area contributed by atoms with Crippen LogP contribution in [0.1, 0.15) is 23.6 Å². The molecule has 4 rings (SSSR count). The summed E-state index contributed by atoms with van der Waals surface area (Å²) in [4.78, 5) is 17.5. The maximum Gasteiger partial charge on any atom is 0.264 e. The summed E-state index contributed by atoms with van der Waals surface area (Å²) in [5.41, 5.74) is 3.75. The second-order valence-corrected chi connectivity index (χ2v) is 10.3. The summed E-state index contributed by atoms with van der Waals surface area (Å²) in [6.45, 7) is 2.46. The molecule has 0 atom stereocenters. The van der Waals surface area contributed by atoms with E-state index in [1.165, 1.54) is 17.3 Å². The summed E-state index contributed by atoms with van der Waals surface area (Å²) in [5, 5.41) is 4.10. The van der Waals surface area contributed by atoms with Gasteiger partial charge in [0.05, 0.1) is 20.6 Å². The van der Waals surface area contributed by atoms with E-state index < -0.39 is 0 Å². The number of halogens is 3. The van der Waals surface area contributed by atoms with Gasteiger partial charge in [0, 0.05) is 3.57 Å². The molecule has 0 spiro atoms. The highest BCUT2D eigenvalue weighted by Gasteiger charge is 2.24. The van der Waals surface area contributed by atoms with Crippen LogP contribution in [0.25, 0.3) is 6.08 Å². The third-order valence-corrected chi connectivity index (χ3v) is 7.03. The predicted molar refractivity (Wildman–Crippen MR) is 147 cm³/mol. The molecule has 0 unspecified atom stereocenters. The number of carbonyl (C=O) groups is 1. The van der Waals surface area contributed by atoms with Gasteiger partial charge in [0.1, 0.15) is 6.61 Å². The summed E-state index contributed by atoms with van der Waals surface area (Å²) >= 11 is 16.4. The monoisotopic (exact) mass is 608 g/mol. The third-order valence-electron chi connectivity index (χ3n) is 4.84. The number of amides is 1. The molecule has 1 saturated heterocycles. The molecule has 0 radical (unpaired) electrons. The molecule has 0 aromatic heterocycles. The first-order chi connectivity index (χ1) is 15.9. The van der Waals surface area contributed by atoms with Gasteiger partial charge in [-0.2, -0.15) is 0 Å². The molecule has 1 N–H and O–H groups in total. The summed E-state index contributed by atoms with van der Waals surface area (Å²) in [7, 11) is 0. The van der Waals surface area contributed by atoms with Crippen molar-refractivity contribution in [1.29, 1.82) is 0 Å². The Labute approximate surface area is 220 Å². The number of nitrogens with zero attached hydrogens (tertiary/aromatic N) is 1. The zero-order valence-electron chi connectivity index (χ0n) is 17.6. The van der Waals surface area contributed by atoms with Crippen LogP contribution in [0.3, 0.4) is 0 Å². The molecule has 0 saturated carbocycles. The van der Waals surface area contributed by atoms with Crippen molar-refractivity contribution in [3.8, 4) is 5.75 Å². The quantitative estimate of drug-likeness (QED) is 0.231. The van der Waals surface area contributed by atoms with Gasteiger partial charge >= 0.3 is 0 Å². The van der Waals surface area contributed by atoms with E-state index in [2.05, 4.69) is 39.8 Å². The van der Waals surface area contributed by atoms with E-state index >= 15 is 0 Å². The minimum Gasteiger partial charge on any atom is -0.486 e.